The van der Waals surface area contributed by atoms with Crippen molar-refractivity contribution >= 4 is 28.7 Å². The van der Waals surface area contributed by atoms with Crippen LogP contribution in [0.2, 0.25) is 0 Å². The van der Waals surface area contributed by atoms with E-state index in [0.29, 0.717) is 0 Å². The third-order valence-electron chi connectivity index (χ3n) is 5.69. The molecule has 6 heteroatoms. The highest BCUT2D eigenvalue weighted by molar-refractivity contribution is 7.08. The number of hydrogen-bond donors (Lipinski definition) is 1. The van der Waals surface area contributed by atoms with Gasteiger partial charge in [-0.2, -0.15) is 16.4 Å². The van der Waals surface area contributed by atoms with Crippen molar-refractivity contribution in [2.24, 2.45) is 0 Å². The maximum atomic E-state index is 4.74. The molecule has 0 aliphatic rings. The van der Waals surface area contributed by atoms with Gasteiger partial charge in [0.05, 0.1) is 17.6 Å². The highest BCUT2D eigenvalue weighted by Gasteiger charge is 2.10. The number of nitrogens with zero attached hydrogens (tertiary/aromatic N) is 4. The van der Waals surface area contributed by atoms with Gasteiger partial charge in [0.25, 0.3) is 0 Å². The third-order valence-corrected chi connectivity index (χ3v) is 6.39. The summed E-state index contributed by atoms with van der Waals surface area (Å²) in [4.78, 5) is 6.94. The van der Waals surface area contributed by atoms with Crippen LogP contribution in [0, 0.1) is 13.8 Å². The molecule has 0 atom stereocenters. The Labute approximate surface area is 207 Å². The molecule has 0 bridgehead atoms. The van der Waals surface area contributed by atoms with Crippen molar-refractivity contribution in [3.63, 3.8) is 0 Å². The standard InChI is InChI=1S/C15H16N4.C13H19NS/c1-10-6-4-5-7-12(10)13-8-11(2)19-15(18-13)14(16-3)9-17-19;1-4-5-9-14(3)12(2)6-7-13-8-10-15-11-13/h4-9,16H,1-3H3;6-8,10-11H,2,4-5,9H2,1,3H3/b;7-6+. The lowest BCUT2D eigenvalue weighted by Gasteiger charge is -2.18. The van der Waals surface area contributed by atoms with Crippen LogP contribution in [0.15, 0.2) is 71.7 Å². The Balaban J connectivity index is 0.000000197. The zero-order chi connectivity index (χ0) is 24.5. The predicted molar refractivity (Wildman–Crippen MR) is 147 cm³/mol. The maximum Gasteiger partial charge on any atom is 0.179 e. The van der Waals surface area contributed by atoms with E-state index in [1.54, 1.807) is 17.5 Å². The van der Waals surface area contributed by atoms with Gasteiger partial charge in [-0.15, -0.1) is 0 Å². The third kappa shape index (κ3) is 6.35. The van der Waals surface area contributed by atoms with Gasteiger partial charge in [-0.1, -0.05) is 50.3 Å². The summed E-state index contributed by atoms with van der Waals surface area (Å²) < 4.78 is 1.85. The zero-order valence-electron chi connectivity index (χ0n) is 20.9. The highest BCUT2D eigenvalue weighted by atomic mass is 32.1. The van der Waals surface area contributed by atoms with Crippen molar-refractivity contribution < 1.29 is 0 Å². The van der Waals surface area contributed by atoms with Gasteiger partial charge in [0, 0.05) is 37.6 Å². The van der Waals surface area contributed by atoms with Crippen molar-refractivity contribution in [1.29, 1.82) is 0 Å². The minimum Gasteiger partial charge on any atom is -0.384 e. The van der Waals surface area contributed by atoms with Crippen LogP contribution in [0.3, 0.4) is 0 Å². The number of nitrogens with one attached hydrogen (secondary N) is 1. The summed E-state index contributed by atoms with van der Waals surface area (Å²) in [5.74, 6) is 0. The quantitative estimate of drug-likeness (QED) is 0.278. The molecule has 5 nitrogen and oxygen atoms in total. The number of unbranched alkanes of at least 4 members (excludes halogenated alkanes) is 1. The number of thiophene rings is 1. The minimum atomic E-state index is 0.862. The number of fused-ring (bicyclic) bond motifs is 1. The van der Waals surface area contributed by atoms with Gasteiger partial charge >= 0.3 is 0 Å². The summed E-state index contributed by atoms with van der Waals surface area (Å²) >= 11 is 1.72. The molecule has 0 saturated carbocycles. The number of aryl methyl sites for hydroxylation is 2. The summed E-state index contributed by atoms with van der Waals surface area (Å²) in [6.07, 6.45) is 8.45. The number of allylic oxidation sites excluding steroid dienone is 1. The molecule has 4 rings (SSSR count). The molecule has 0 amide bonds. The molecule has 3 aromatic heterocycles. The molecule has 1 aromatic carbocycles. The second kappa shape index (κ2) is 12.2. The number of benzene rings is 1. The fourth-order valence-corrected chi connectivity index (χ4v) is 4.14. The molecule has 0 unspecified atom stereocenters. The molecular formula is C28H35N5S. The monoisotopic (exact) mass is 473 g/mol. The van der Waals surface area contributed by atoms with E-state index in [1.165, 1.54) is 24.0 Å². The van der Waals surface area contributed by atoms with Gasteiger partial charge in [-0.05, 0) is 60.4 Å². The molecule has 0 aliphatic heterocycles. The van der Waals surface area contributed by atoms with Gasteiger partial charge in [0.15, 0.2) is 5.65 Å². The van der Waals surface area contributed by atoms with Gasteiger partial charge in [0.2, 0.25) is 0 Å². The van der Waals surface area contributed by atoms with E-state index in [1.807, 2.05) is 30.6 Å². The van der Waals surface area contributed by atoms with Crippen LogP contribution in [0.25, 0.3) is 23.0 Å². The van der Waals surface area contributed by atoms with Gasteiger partial charge in [-0.3, -0.25) is 0 Å². The van der Waals surface area contributed by atoms with Crippen molar-refractivity contribution in [3.05, 3.63) is 88.5 Å². The SMILES string of the molecule is C=C(/C=C/c1ccsc1)N(C)CCCC.CNc1cnn2c(C)cc(-c3ccccc3C)nc12. The van der Waals surface area contributed by atoms with Gasteiger partial charge in [-0.25, -0.2) is 9.50 Å². The summed E-state index contributed by atoms with van der Waals surface area (Å²) in [5, 5.41) is 11.7. The van der Waals surface area contributed by atoms with Gasteiger partial charge in [0.1, 0.15) is 0 Å². The molecule has 0 saturated heterocycles. The normalized spacial score (nSPS) is 10.9. The van der Waals surface area contributed by atoms with Crippen molar-refractivity contribution in [2.45, 2.75) is 33.6 Å². The van der Waals surface area contributed by atoms with E-state index in [9.17, 15) is 0 Å². The maximum absolute atomic E-state index is 4.74. The van der Waals surface area contributed by atoms with Crippen LogP contribution >= 0.6 is 11.3 Å². The summed E-state index contributed by atoms with van der Waals surface area (Å²) in [5.41, 5.74) is 8.59. The Bertz CT molecular complexity index is 1240. The Kier molecular flexibility index (Phi) is 9.05. The second-order valence-electron chi connectivity index (χ2n) is 8.30. The first-order chi connectivity index (χ1) is 16.4. The van der Waals surface area contributed by atoms with Crippen LogP contribution in [-0.4, -0.2) is 40.1 Å². The Morgan fingerprint density at radius 1 is 1.24 bits per heavy atom. The molecule has 3 heterocycles. The smallest absolute Gasteiger partial charge is 0.179 e. The van der Waals surface area contributed by atoms with Crippen LogP contribution in [-0.2, 0) is 0 Å². The topological polar surface area (TPSA) is 45.5 Å². The molecule has 34 heavy (non-hydrogen) atoms. The first-order valence-electron chi connectivity index (χ1n) is 11.6. The second-order valence-corrected chi connectivity index (χ2v) is 9.08. The number of anilines is 1. The van der Waals surface area contributed by atoms with Crippen LogP contribution < -0.4 is 5.32 Å². The largest absolute Gasteiger partial charge is 0.384 e. The van der Waals surface area contributed by atoms with Crippen LogP contribution in [0.5, 0.6) is 0 Å². The average molecular weight is 474 g/mol. The molecule has 0 radical (unpaired) electrons. The van der Waals surface area contributed by atoms with Crippen molar-refractivity contribution in [1.82, 2.24) is 19.5 Å². The van der Waals surface area contributed by atoms with Crippen LogP contribution in [0.1, 0.15) is 36.6 Å². The number of likely N-dealkylation sites (N-methyl/N-ethyl adjacent to an activating group) is 1. The lowest BCUT2D eigenvalue weighted by atomic mass is 10.1. The minimum absolute atomic E-state index is 0.862. The lowest BCUT2D eigenvalue weighted by Crippen LogP contribution is -2.16. The first-order valence-corrected chi connectivity index (χ1v) is 12.6. The fraction of sp³-hybridized carbons (Fsp3) is 0.286. The van der Waals surface area contributed by atoms with Gasteiger partial charge < -0.3 is 10.2 Å². The van der Waals surface area contributed by atoms with E-state index in [4.69, 9.17) is 4.98 Å². The van der Waals surface area contributed by atoms with E-state index in [2.05, 4.69) is 90.0 Å². The predicted octanol–water partition coefficient (Wildman–Crippen LogP) is 7.06. The van der Waals surface area contributed by atoms with E-state index < -0.39 is 0 Å². The van der Waals surface area contributed by atoms with E-state index in [-0.39, 0.29) is 0 Å². The average Bonchev–Trinajstić information content (AvgIpc) is 3.51. The molecule has 0 fully saturated rings. The Hall–Kier alpha value is -3.38. The Morgan fingerprint density at radius 3 is 2.71 bits per heavy atom. The summed E-state index contributed by atoms with van der Waals surface area (Å²) in [7, 11) is 3.98. The summed E-state index contributed by atoms with van der Waals surface area (Å²) in [6, 6.07) is 12.5. The van der Waals surface area contributed by atoms with Crippen LogP contribution in [0.4, 0.5) is 5.69 Å². The van der Waals surface area contributed by atoms with E-state index in [0.717, 1.165) is 40.5 Å². The molecule has 0 spiro atoms. The molecule has 1 N–H and O–H groups in total. The number of hydrogen-bond acceptors (Lipinski definition) is 5. The molecule has 178 valence electrons. The zero-order valence-corrected chi connectivity index (χ0v) is 21.7. The fourth-order valence-electron chi connectivity index (χ4n) is 3.52. The number of rotatable bonds is 8. The summed E-state index contributed by atoms with van der Waals surface area (Å²) in [6.45, 7) is 11.5. The van der Waals surface area contributed by atoms with Crippen molar-refractivity contribution in [2.75, 3.05) is 26.0 Å². The molecular weight excluding hydrogens is 438 g/mol. The molecule has 4 aromatic rings. The molecule has 0 aliphatic carbocycles. The highest BCUT2D eigenvalue weighted by Crippen LogP contribution is 2.25. The lowest BCUT2D eigenvalue weighted by molar-refractivity contribution is 0.420. The first kappa shape index (κ1) is 25.2. The van der Waals surface area contributed by atoms with E-state index >= 15 is 0 Å². The van der Waals surface area contributed by atoms with Crippen molar-refractivity contribution in [3.8, 4) is 11.3 Å². The number of aromatic nitrogens is 3. The Morgan fingerprint density at radius 2 is 2.03 bits per heavy atom.